The molecule has 2 nitrogen and oxygen atoms in total. The van der Waals surface area contributed by atoms with E-state index >= 15 is 0 Å². The fourth-order valence-electron chi connectivity index (χ4n) is 1.79. The minimum atomic E-state index is -0.979. The molecule has 1 aromatic carbocycles. The number of hydrogen-bond acceptors (Lipinski definition) is 2. The highest BCUT2D eigenvalue weighted by Crippen LogP contribution is 2.34. The predicted molar refractivity (Wildman–Crippen MR) is 54.8 cm³/mol. The van der Waals surface area contributed by atoms with Crippen LogP contribution in [0.1, 0.15) is 18.4 Å². The van der Waals surface area contributed by atoms with E-state index in [0.29, 0.717) is 0 Å². The number of hydrogen-bond donors (Lipinski definition) is 2. The lowest BCUT2D eigenvalue weighted by molar-refractivity contribution is 0.00631. The van der Waals surface area contributed by atoms with Crippen molar-refractivity contribution in [1.82, 2.24) is 0 Å². The Labute approximate surface area is 92.5 Å². The lowest BCUT2D eigenvalue weighted by atomic mass is 10.0. The van der Waals surface area contributed by atoms with Gasteiger partial charge in [-0.3, -0.25) is 0 Å². The maximum atomic E-state index is 13.3. The van der Waals surface area contributed by atoms with Crippen molar-refractivity contribution in [2.75, 3.05) is 0 Å². The summed E-state index contributed by atoms with van der Waals surface area (Å²) in [5.74, 6) is -1.18. The molecule has 0 aliphatic heterocycles. The van der Waals surface area contributed by atoms with E-state index in [-0.39, 0.29) is 17.9 Å². The van der Waals surface area contributed by atoms with Crippen LogP contribution in [0, 0.1) is 17.6 Å². The van der Waals surface area contributed by atoms with Gasteiger partial charge >= 0.3 is 0 Å². The van der Waals surface area contributed by atoms with Crippen molar-refractivity contribution in [1.29, 1.82) is 0 Å². The first-order valence-electron chi connectivity index (χ1n) is 5.38. The molecule has 1 aromatic rings. The third kappa shape index (κ3) is 2.57. The first kappa shape index (κ1) is 11.5. The van der Waals surface area contributed by atoms with Crippen LogP contribution in [0.4, 0.5) is 8.78 Å². The third-order valence-electron chi connectivity index (χ3n) is 2.94. The predicted octanol–water partition coefficient (Wildman–Crippen LogP) is 1.64. The molecule has 4 heteroatoms. The molecular formula is C12H14F2O2. The van der Waals surface area contributed by atoms with E-state index in [9.17, 15) is 19.0 Å². The zero-order chi connectivity index (χ0) is 11.7. The molecule has 0 radical (unpaired) electrons. The molecule has 0 saturated heterocycles. The fraction of sp³-hybridized carbons (Fsp3) is 0.500. The summed E-state index contributed by atoms with van der Waals surface area (Å²) in [5.41, 5.74) is 0.230. The van der Waals surface area contributed by atoms with E-state index in [2.05, 4.69) is 0 Å². The van der Waals surface area contributed by atoms with E-state index in [0.717, 1.165) is 25.0 Å². The standard InChI is InChI=1S/C12H14F2O2/c13-9-4-3-8(10(14)6-9)5-11(15)12(16)7-1-2-7/h3-4,6-7,11-12,15-16H,1-2,5H2. The van der Waals surface area contributed by atoms with Gasteiger partial charge in [-0.05, 0) is 30.4 Å². The number of aliphatic hydroxyl groups excluding tert-OH is 2. The first-order chi connectivity index (χ1) is 7.58. The third-order valence-corrected chi connectivity index (χ3v) is 2.94. The molecule has 1 saturated carbocycles. The first-order valence-corrected chi connectivity index (χ1v) is 5.38. The molecule has 0 spiro atoms. The van der Waals surface area contributed by atoms with Crippen LogP contribution in [-0.4, -0.2) is 22.4 Å². The summed E-state index contributed by atoms with van der Waals surface area (Å²) in [6.07, 6.45) is 0.0507. The fourth-order valence-corrected chi connectivity index (χ4v) is 1.79. The molecule has 0 bridgehead atoms. The second-order valence-corrected chi connectivity index (χ2v) is 4.34. The van der Waals surface area contributed by atoms with Crippen molar-refractivity contribution >= 4 is 0 Å². The molecule has 2 N–H and O–H groups in total. The quantitative estimate of drug-likeness (QED) is 0.822. The Bertz CT molecular complexity index is 377. The Morgan fingerprint density at radius 3 is 2.50 bits per heavy atom. The smallest absolute Gasteiger partial charge is 0.129 e. The number of aliphatic hydroxyl groups is 2. The molecule has 2 unspecified atom stereocenters. The average molecular weight is 228 g/mol. The average Bonchev–Trinajstić information content (AvgIpc) is 3.04. The van der Waals surface area contributed by atoms with Crippen LogP contribution in [0.25, 0.3) is 0 Å². The van der Waals surface area contributed by atoms with Crippen LogP contribution in [0.2, 0.25) is 0 Å². The number of halogens is 2. The van der Waals surface area contributed by atoms with E-state index in [1.54, 1.807) is 0 Å². The van der Waals surface area contributed by atoms with Gasteiger partial charge in [0, 0.05) is 12.5 Å². The normalized spacial score (nSPS) is 19.5. The number of benzene rings is 1. The Morgan fingerprint density at radius 1 is 1.25 bits per heavy atom. The topological polar surface area (TPSA) is 40.5 Å². The maximum absolute atomic E-state index is 13.3. The molecule has 16 heavy (non-hydrogen) atoms. The summed E-state index contributed by atoms with van der Waals surface area (Å²) < 4.78 is 25.9. The summed E-state index contributed by atoms with van der Waals surface area (Å²) in [5, 5.41) is 19.3. The summed E-state index contributed by atoms with van der Waals surface area (Å²) in [6, 6.07) is 3.23. The molecule has 1 fully saturated rings. The molecule has 0 aromatic heterocycles. The SMILES string of the molecule is OC(Cc1ccc(F)cc1F)C(O)C1CC1. The van der Waals surface area contributed by atoms with Crippen LogP contribution < -0.4 is 0 Å². The van der Waals surface area contributed by atoms with Crippen molar-refractivity contribution in [3.63, 3.8) is 0 Å². The van der Waals surface area contributed by atoms with E-state index in [1.165, 1.54) is 6.07 Å². The lowest BCUT2D eigenvalue weighted by Gasteiger charge is -2.17. The maximum Gasteiger partial charge on any atom is 0.129 e. The van der Waals surface area contributed by atoms with Gasteiger partial charge in [-0.1, -0.05) is 6.07 Å². The van der Waals surface area contributed by atoms with Crippen LogP contribution in [0.5, 0.6) is 0 Å². The van der Waals surface area contributed by atoms with Crippen LogP contribution >= 0.6 is 0 Å². The van der Waals surface area contributed by atoms with Crippen LogP contribution in [-0.2, 0) is 6.42 Å². The summed E-state index contributed by atoms with van der Waals surface area (Å²) in [6.45, 7) is 0. The molecule has 1 aliphatic carbocycles. The van der Waals surface area contributed by atoms with E-state index in [1.807, 2.05) is 0 Å². The zero-order valence-electron chi connectivity index (χ0n) is 8.74. The second kappa shape index (κ2) is 4.47. The highest BCUT2D eigenvalue weighted by atomic mass is 19.1. The summed E-state index contributed by atoms with van der Waals surface area (Å²) in [7, 11) is 0. The van der Waals surface area contributed by atoms with Gasteiger partial charge in [-0.15, -0.1) is 0 Å². The summed E-state index contributed by atoms with van der Waals surface area (Å²) in [4.78, 5) is 0. The molecule has 2 atom stereocenters. The van der Waals surface area contributed by atoms with Crippen molar-refractivity contribution in [2.24, 2.45) is 5.92 Å². The minimum absolute atomic E-state index is 0.0176. The number of rotatable bonds is 4. The second-order valence-electron chi connectivity index (χ2n) is 4.34. The molecule has 2 rings (SSSR count). The molecule has 1 aliphatic rings. The largest absolute Gasteiger partial charge is 0.390 e. The van der Waals surface area contributed by atoms with Crippen molar-refractivity contribution < 1.29 is 19.0 Å². The van der Waals surface area contributed by atoms with Gasteiger partial charge < -0.3 is 10.2 Å². The Kier molecular flexibility index (Phi) is 3.21. The Balaban J connectivity index is 2.02. The molecule has 88 valence electrons. The van der Waals surface area contributed by atoms with Gasteiger partial charge in [0.25, 0.3) is 0 Å². The van der Waals surface area contributed by atoms with Gasteiger partial charge in [0.05, 0.1) is 12.2 Å². The van der Waals surface area contributed by atoms with Crippen molar-refractivity contribution in [3.05, 3.63) is 35.4 Å². The van der Waals surface area contributed by atoms with Crippen LogP contribution in [0.3, 0.4) is 0 Å². The van der Waals surface area contributed by atoms with Crippen molar-refractivity contribution in [3.8, 4) is 0 Å². The highest BCUT2D eigenvalue weighted by molar-refractivity contribution is 5.19. The van der Waals surface area contributed by atoms with E-state index < -0.39 is 23.8 Å². The molecule has 0 heterocycles. The summed E-state index contributed by atoms with van der Waals surface area (Å²) >= 11 is 0. The lowest BCUT2D eigenvalue weighted by Crippen LogP contribution is -2.30. The van der Waals surface area contributed by atoms with Gasteiger partial charge in [-0.25, -0.2) is 8.78 Å². The Morgan fingerprint density at radius 2 is 1.94 bits per heavy atom. The van der Waals surface area contributed by atoms with Gasteiger partial charge in [-0.2, -0.15) is 0 Å². The van der Waals surface area contributed by atoms with Crippen LogP contribution in [0.15, 0.2) is 18.2 Å². The zero-order valence-corrected chi connectivity index (χ0v) is 8.74. The van der Waals surface area contributed by atoms with Gasteiger partial charge in [0.1, 0.15) is 11.6 Å². The van der Waals surface area contributed by atoms with Gasteiger partial charge in [0.2, 0.25) is 0 Å². The van der Waals surface area contributed by atoms with Crippen molar-refractivity contribution in [2.45, 2.75) is 31.5 Å². The highest BCUT2D eigenvalue weighted by Gasteiger charge is 2.34. The molecule has 0 amide bonds. The van der Waals surface area contributed by atoms with Gasteiger partial charge in [0.15, 0.2) is 0 Å². The Hall–Kier alpha value is -1.00. The van der Waals surface area contributed by atoms with E-state index in [4.69, 9.17) is 0 Å². The molecular weight excluding hydrogens is 214 g/mol. The monoisotopic (exact) mass is 228 g/mol. The minimum Gasteiger partial charge on any atom is -0.390 e.